The zero-order chi connectivity index (χ0) is 14.2. The van der Waals surface area contributed by atoms with Gasteiger partial charge in [-0.05, 0) is 41.5 Å². The molecule has 5 heteroatoms. The summed E-state index contributed by atoms with van der Waals surface area (Å²) in [6, 6.07) is 0. The van der Waals surface area contributed by atoms with Gasteiger partial charge in [0, 0.05) is 0 Å². The summed E-state index contributed by atoms with van der Waals surface area (Å²) in [5, 5.41) is 0. The van der Waals surface area contributed by atoms with E-state index >= 15 is 0 Å². The van der Waals surface area contributed by atoms with Gasteiger partial charge in [0.25, 0.3) is 0 Å². The SMILES string of the molecule is Cc1nc(C)c(Oc2nc(C)c(C)nc2C)c(C)n1. The predicted molar refractivity (Wildman–Crippen MR) is 72.6 cm³/mol. The summed E-state index contributed by atoms with van der Waals surface area (Å²) in [7, 11) is 0. The maximum absolute atomic E-state index is 5.86. The molecule has 19 heavy (non-hydrogen) atoms. The number of hydrogen-bond donors (Lipinski definition) is 0. The second-order valence-corrected chi connectivity index (χ2v) is 4.66. The molecule has 2 aromatic heterocycles. The molecule has 0 unspecified atom stereocenters. The third kappa shape index (κ3) is 2.70. The van der Waals surface area contributed by atoms with E-state index in [9.17, 15) is 0 Å². The Morgan fingerprint density at radius 3 is 1.68 bits per heavy atom. The number of aromatic nitrogens is 4. The average molecular weight is 258 g/mol. The van der Waals surface area contributed by atoms with Crippen LogP contribution in [0.4, 0.5) is 0 Å². The lowest BCUT2D eigenvalue weighted by atomic mass is 10.3. The van der Waals surface area contributed by atoms with Crippen molar-refractivity contribution in [1.29, 1.82) is 0 Å². The Balaban J connectivity index is 2.45. The van der Waals surface area contributed by atoms with Crippen LogP contribution < -0.4 is 4.74 Å². The van der Waals surface area contributed by atoms with Crippen LogP contribution in [0.15, 0.2) is 0 Å². The summed E-state index contributed by atoms with van der Waals surface area (Å²) in [5.41, 5.74) is 4.17. The van der Waals surface area contributed by atoms with E-state index in [4.69, 9.17) is 4.74 Å². The summed E-state index contributed by atoms with van der Waals surface area (Å²) in [5.74, 6) is 1.92. The van der Waals surface area contributed by atoms with Gasteiger partial charge in [0.2, 0.25) is 5.88 Å². The molecule has 0 aliphatic carbocycles. The summed E-state index contributed by atoms with van der Waals surface area (Å²) in [6.45, 7) is 11.4. The molecular weight excluding hydrogens is 240 g/mol. The van der Waals surface area contributed by atoms with E-state index < -0.39 is 0 Å². The second-order valence-electron chi connectivity index (χ2n) is 4.66. The fraction of sp³-hybridized carbons (Fsp3) is 0.429. The molecule has 0 atom stereocenters. The van der Waals surface area contributed by atoms with E-state index in [1.165, 1.54) is 0 Å². The third-order valence-electron chi connectivity index (χ3n) is 2.95. The van der Waals surface area contributed by atoms with Crippen LogP contribution in [-0.2, 0) is 0 Å². The average Bonchev–Trinajstić information content (AvgIpc) is 2.29. The molecule has 2 aromatic rings. The van der Waals surface area contributed by atoms with E-state index in [0.717, 1.165) is 34.3 Å². The normalized spacial score (nSPS) is 10.6. The van der Waals surface area contributed by atoms with E-state index in [2.05, 4.69) is 19.9 Å². The van der Waals surface area contributed by atoms with Gasteiger partial charge in [-0.15, -0.1) is 0 Å². The smallest absolute Gasteiger partial charge is 0.241 e. The van der Waals surface area contributed by atoms with Crippen LogP contribution in [0.1, 0.15) is 34.3 Å². The number of ether oxygens (including phenoxy) is 1. The fourth-order valence-electron chi connectivity index (χ4n) is 1.91. The van der Waals surface area contributed by atoms with Gasteiger partial charge in [0.1, 0.15) is 11.5 Å². The van der Waals surface area contributed by atoms with Crippen molar-refractivity contribution in [3.05, 3.63) is 34.3 Å². The number of aryl methyl sites for hydroxylation is 6. The van der Waals surface area contributed by atoms with E-state index in [0.29, 0.717) is 11.6 Å². The number of nitrogens with zero attached hydrogens (tertiary/aromatic N) is 4. The lowest BCUT2D eigenvalue weighted by Crippen LogP contribution is -2.04. The van der Waals surface area contributed by atoms with Gasteiger partial charge in [-0.2, -0.15) is 0 Å². The highest BCUT2D eigenvalue weighted by Gasteiger charge is 2.13. The zero-order valence-corrected chi connectivity index (χ0v) is 12.2. The Bertz CT molecular complexity index is 615. The lowest BCUT2D eigenvalue weighted by molar-refractivity contribution is 0.439. The Labute approximate surface area is 113 Å². The Kier molecular flexibility index (Phi) is 3.46. The minimum Gasteiger partial charge on any atom is -0.433 e. The first-order chi connectivity index (χ1) is 8.88. The number of rotatable bonds is 2. The van der Waals surface area contributed by atoms with Crippen molar-refractivity contribution in [2.45, 2.75) is 41.5 Å². The van der Waals surface area contributed by atoms with Crippen LogP contribution in [0.5, 0.6) is 11.6 Å². The Morgan fingerprint density at radius 1 is 0.579 bits per heavy atom. The molecule has 0 amide bonds. The molecule has 0 aliphatic rings. The van der Waals surface area contributed by atoms with Crippen molar-refractivity contribution in [1.82, 2.24) is 19.9 Å². The van der Waals surface area contributed by atoms with Crippen molar-refractivity contribution in [2.24, 2.45) is 0 Å². The van der Waals surface area contributed by atoms with E-state index in [1.807, 2.05) is 41.5 Å². The quantitative estimate of drug-likeness (QED) is 0.828. The maximum atomic E-state index is 5.86. The minimum atomic E-state index is 0.516. The van der Waals surface area contributed by atoms with Crippen LogP contribution in [0.25, 0.3) is 0 Å². The monoisotopic (exact) mass is 258 g/mol. The lowest BCUT2D eigenvalue weighted by Gasteiger charge is -2.12. The summed E-state index contributed by atoms with van der Waals surface area (Å²) in [6.07, 6.45) is 0. The van der Waals surface area contributed by atoms with Crippen LogP contribution in [0.2, 0.25) is 0 Å². The van der Waals surface area contributed by atoms with Gasteiger partial charge in [-0.25, -0.2) is 15.0 Å². The summed E-state index contributed by atoms with van der Waals surface area (Å²) in [4.78, 5) is 17.5. The highest BCUT2D eigenvalue weighted by Crippen LogP contribution is 2.27. The van der Waals surface area contributed by atoms with Crippen molar-refractivity contribution in [2.75, 3.05) is 0 Å². The maximum Gasteiger partial charge on any atom is 0.241 e. The first-order valence-electron chi connectivity index (χ1n) is 6.20. The summed E-state index contributed by atoms with van der Waals surface area (Å²) < 4.78 is 5.86. The molecule has 0 aliphatic heterocycles. The van der Waals surface area contributed by atoms with E-state index in [-0.39, 0.29) is 0 Å². The molecule has 2 heterocycles. The Morgan fingerprint density at radius 2 is 1.11 bits per heavy atom. The van der Waals surface area contributed by atoms with Gasteiger partial charge >= 0.3 is 0 Å². The van der Waals surface area contributed by atoms with Gasteiger partial charge in [-0.1, -0.05) is 0 Å². The predicted octanol–water partition coefficient (Wildman–Crippen LogP) is 2.91. The van der Waals surface area contributed by atoms with Crippen molar-refractivity contribution >= 4 is 0 Å². The van der Waals surface area contributed by atoms with Gasteiger partial charge in [0.15, 0.2) is 5.75 Å². The molecule has 0 saturated heterocycles. The highest BCUT2D eigenvalue weighted by atomic mass is 16.5. The van der Waals surface area contributed by atoms with Gasteiger partial charge < -0.3 is 4.74 Å². The van der Waals surface area contributed by atoms with Crippen LogP contribution >= 0.6 is 0 Å². The van der Waals surface area contributed by atoms with Crippen LogP contribution in [-0.4, -0.2) is 19.9 Å². The third-order valence-corrected chi connectivity index (χ3v) is 2.95. The zero-order valence-electron chi connectivity index (χ0n) is 12.2. The minimum absolute atomic E-state index is 0.516. The van der Waals surface area contributed by atoms with Gasteiger partial charge in [0.05, 0.1) is 22.8 Å². The van der Waals surface area contributed by atoms with Crippen molar-refractivity contribution in [3.63, 3.8) is 0 Å². The molecular formula is C14H18N4O. The standard InChI is InChI=1S/C14H18N4O/c1-7-8(2)18-14(11(5)15-7)19-13-9(3)16-12(6)17-10(13)4/h1-6H3. The van der Waals surface area contributed by atoms with E-state index in [1.54, 1.807) is 0 Å². The molecule has 0 fully saturated rings. The molecule has 0 bridgehead atoms. The molecule has 0 N–H and O–H groups in total. The van der Waals surface area contributed by atoms with Crippen molar-refractivity contribution in [3.8, 4) is 11.6 Å². The fourth-order valence-corrected chi connectivity index (χ4v) is 1.91. The van der Waals surface area contributed by atoms with Crippen LogP contribution in [0, 0.1) is 41.5 Å². The molecule has 0 radical (unpaired) electrons. The molecule has 2 rings (SSSR count). The van der Waals surface area contributed by atoms with Crippen LogP contribution in [0.3, 0.4) is 0 Å². The molecule has 0 saturated carbocycles. The van der Waals surface area contributed by atoms with Gasteiger partial charge in [-0.3, -0.25) is 4.98 Å². The second kappa shape index (κ2) is 4.91. The first kappa shape index (κ1) is 13.4. The number of hydrogen-bond acceptors (Lipinski definition) is 5. The highest BCUT2D eigenvalue weighted by molar-refractivity contribution is 5.36. The largest absolute Gasteiger partial charge is 0.433 e. The molecule has 100 valence electrons. The Hall–Kier alpha value is -2.04. The first-order valence-corrected chi connectivity index (χ1v) is 6.20. The molecule has 0 aromatic carbocycles. The van der Waals surface area contributed by atoms with Crippen molar-refractivity contribution < 1.29 is 4.74 Å². The molecule has 5 nitrogen and oxygen atoms in total. The topological polar surface area (TPSA) is 60.8 Å². The summed E-state index contributed by atoms with van der Waals surface area (Å²) >= 11 is 0. The molecule has 0 spiro atoms.